The molecule has 1 aliphatic heterocycles. The van der Waals surface area contributed by atoms with E-state index in [-0.39, 0.29) is 17.5 Å². The molecular formula is C12H21N5O3S. The molecule has 1 atom stereocenters. The van der Waals surface area contributed by atoms with E-state index >= 15 is 0 Å². The highest BCUT2D eigenvalue weighted by atomic mass is 32.2. The number of nitrogens with zero attached hydrogens (tertiary/aromatic N) is 2. The molecule has 1 aromatic rings. The van der Waals surface area contributed by atoms with Crippen molar-refractivity contribution in [1.29, 1.82) is 0 Å². The summed E-state index contributed by atoms with van der Waals surface area (Å²) in [4.78, 5) is 6.23. The number of hydrogen-bond donors (Lipinski definition) is 3. The van der Waals surface area contributed by atoms with E-state index in [0.29, 0.717) is 12.4 Å². The first kappa shape index (κ1) is 16.1. The molecule has 0 aromatic carbocycles. The van der Waals surface area contributed by atoms with Crippen molar-refractivity contribution in [3.8, 4) is 0 Å². The maximum Gasteiger partial charge on any atom is 0.240 e. The Labute approximate surface area is 124 Å². The van der Waals surface area contributed by atoms with E-state index in [2.05, 4.69) is 27.0 Å². The summed E-state index contributed by atoms with van der Waals surface area (Å²) in [5.74, 6) is 5.53. The Morgan fingerprint density at radius 2 is 2.38 bits per heavy atom. The maximum absolute atomic E-state index is 12.2. The van der Waals surface area contributed by atoms with Gasteiger partial charge in [-0.25, -0.2) is 24.0 Å². The highest BCUT2D eigenvalue weighted by Gasteiger charge is 2.22. The lowest BCUT2D eigenvalue weighted by molar-refractivity contribution is -0.0229. The van der Waals surface area contributed by atoms with Crippen LogP contribution in [0.1, 0.15) is 6.92 Å². The van der Waals surface area contributed by atoms with Gasteiger partial charge in [-0.05, 0) is 12.6 Å². The van der Waals surface area contributed by atoms with Crippen molar-refractivity contribution in [2.75, 3.05) is 38.2 Å². The van der Waals surface area contributed by atoms with Crippen LogP contribution in [-0.4, -0.2) is 57.2 Å². The van der Waals surface area contributed by atoms with Gasteiger partial charge in [-0.1, -0.05) is 6.92 Å². The van der Waals surface area contributed by atoms with E-state index in [1.54, 1.807) is 0 Å². The van der Waals surface area contributed by atoms with Gasteiger partial charge in [0.2, 0.25) is 10.0 Å². The molecule has 118 valence electrons. The Morgan fingerprint density at radius 1 is 1.57 bits per heavy atom. The van der Waals surface area contributed by atoms with Gasteiger partial charge in [-0.3, -0.25) is 4.90 Å². The first-order valence-electron chi connectivity index (χ1n) is 6.81. The van der Waals surface area contributed by atoms with E-state index in [4.69, 9.17) is 10.6 Å². The second kappa shape index (κ2) is 7.14. The SMILES string of the molecule is CCN1CCOC(CNS(=O)(=O)c2ccnc(NN)c2)C1. The van der Waals surface area contributed by atoms with Gasteiger partial charge in [-0.2, -0.15) is 0 Å². The number of hydrogen-bond acceptors (Lipinski definition) is 7. The fourth-order valence-corrected chi connectivity index (χ4v) is 3.21. The number of sulfonamides is 1. The van der Waals surface area contributed by atoms with Gasteiger partial charge >= 0.3 is 0 Å². The van der Waals surface area contributed by atoms with Crippen LogP contribution in [0.5, 0.6) is 0 Å². The normalized spacial score (nSPS) is 20.4. The van der Waals surface area contributed by atoms with E-state index < -0.39 is 10.0 Å². The zero-order valence-corrected chi connectivity index (χ0v) is 12.8. The number of rotatable bonds is 6. The molecular weight excluding hydrogens is 294 g/mol. The summed E-state index contributed by atoms with van der Waals surface area (Å²) in [7, 11) is -3.60. The molecule has 1 saturated heterocycles. The Morgan fingerprint density at radius 3 is 3.10 bits per heavy atom. The van der Waals surface area contributed by atoms with Crippen LogP contribution in [0.2, 0.25) is 0 Å². The molecule has 9 heteroatoms. The van der Waals surface area contributed by atoms with Crippen molar-refractivity contribution in [2.45, 2.75) is 17.9 Å². The topological polar surface area (TPSA) is 110 Å². The van der Waals surface area contributed by atoms with Crippen molar-refractivity contribution in [3.63, 3.8) is 0 Å². The number of nitrogens with two attached hydrogens (primary N) is 1. The van der Waals surface area contributed by atoms with Crippen molar-refractivity contribution < 1.29 is 13.2 Å². The standard InChI is InChI=1S/C12H21N5O3S/c1-2-17-5-6-20-10(9-17)8-15-21(18,19)11-3-4-14-12(7-11)16-13/h3-4,7,10,15H,2,5-6,8-9,13H2,1H3,(H,14,16). The average molecular weight is 315 g/mol. The van der Waals surface area contributed by atoms with Gasteiger partial charge in [-0.15, -0.1) is 0 Å². The van der Waals surface area contributed by atoms with Crippen molar-refractivity contribution in [3.05, 3.63) is 18.3 Å². The zero-order valence-electron chi connectivity index (χ0n) is 11.9. The van der Waals surface area contributed by atoms with Crippen LogP contribution in [0.3, 0.4) is 0 Å². The number of ether oxygens (including phenoxy) is 1. The number of morpholine rings is 1. The van der Waals surface area contributed by atoms with Crippen LogP contribution in [0, 0.1) is 0 Å². The van der Waals surface area contributed by atoms with Crippen LogP contribution in [0.4, 0.5) is 5.82 Å². The Kier molecular flexibility index (Phi) is 5.48. The van der Waals surface area contributed by atoms with E-state index in [1.807, 2.05) is 0 Å². The highest BCUT2D eigenvalue weighted by Crippen LogP contribution is 2.12. The molecule has 1 unspecified atom stereocenters. The van der Waals surface area contributed by atoms with Crippen LogP contribution in [-0.2, 0) is 14.8 Å². The van der Waals surface area contributed by atoms with E-state index in [9.17, 15) is 8.42 Å². The van der Waals surface area contributed by atoms with Gasteiger partial charge < -0.3 is 10.2 Å². The van der Waals surface area contributed by atoms with E-state index in [0.717, 1.165) is 19.6 Å². The van der Waals surface area contributed by atoms with Gasteiger partial charge in [0.1, 0.15) is 5.82 Å². The summed E-state index contributed by atoms with van der Waals surface area (Å²) < 4.78 is 32.6. The lowest BCUT2D eigenvalue weighted by Crippen LogP contribution is -2.47. The van der Waals surface area contributed by atoms with Crippen LogP contribution in [0.15, 0.2) is 23.2 Å². The summed E-state index contributed by atoms with van der Waals surface area (Å²) >= 11 is 0. The number of nitrogen functional groups attached to an aromatic ring is 1. The minimum Gasteiger partial charge on any atom is -0.374 e. The molecule has 0 bridgehead atoms. The molecule has 1 aromatic heterocycles. The quantitative estimate of drug-likeness (QED) is 0.473. The van der Waals surface area contributed by atoms with Gasteiger partial charge in [0.05, 0.1) is 17.6 Å². The van der Waals surface area contributed by atoms with Crippen LogP contribution >= 0.6 is 0 Å². The first-order chi connectivity index (χ1) is 10.0. The third-order valence-corrected chi connectivity index (χ3v) is 4.78. The zero-order chi connectivity index (χ0) is 15.3. The second-order valence-electron chi connectivity index (χ2n) is 4.76. The largest absolute Gasteiger partial charge is 0.374 e. The predicted molar refractivity (Wildman–Crippen MR) is 79.1 cm³/mol. The third-order valence-electron chi connectivity index (χ3n) is 3.36. The molecule has 0 saturated carbocycles. The van der Waals surface area contributed by atoms with E-state index in [1.165, 1.54) is 18.3 Å². The van der Waals surface area contributed by atoms with Gasteiger partial charge in [0, 0.05) is 31.9 Å². The minimum absolute atomic E-state index is 0.119. The molecule has 1 aliphatic rings. The molecule has 0 radical (unpaired) electrons. The third kappa shape index (κ3) is 4.35. The van der Waals surface area contributed by atoms with Crippen molar-refractivity contribution >= 4 is 15.8 Å². The second-order valence-corrected chi connectivity index (χ2v) is 6.53. The maximum atomic E-state index is 12.2. The van der Waals surface area contributed by atoms with Gasteiger partial charge in [0.15, 0.2) is 0 Å². The lowest BCUT2D eigenvalue weighted by Gasteiger charge is -2.32. The Balaban J connectivity index is 1.97. The molecule has 4 N–H and O–H groups in total. The average Bonchev–Trinajstić information content (AvgIpc) is 2.53. The van der Waals surface area contributed by atoms with Crippen molar-refractivity contribution in [2.24, 2.45) is 5.84 Å². The number of nitrogens with one attached hydrogen (secondary N) is 2. The molecule has 0 amide bonds. The molecule has 21 heavy (non-hydrogen) atoms. The smallest absolute Gasteiger partial charge is 0.240 e. The number of aromatic nitrogens is 1. The fourth-order valence-electron chi connectivity index (χ4n) is 2.13. The summed E-state index contributed by atoms with van der Waals surface area (Å²) in [5, 5.41) is 0. The molecule has 2 rings (SSSR count). The molecule has 0 aliphatic carbocycles. The summed E-state index contributed by atoms with van der Waals surface area (Å²) in [5.41, 5.74) is 2.32. The summed E-state index contributed by atoms with van der Waals surface area (Å²) in [6.45, 7) is 5.48. The number of hydrazine groups is 1. The van der Waals surface area contributed by atoms with Crippen LogP contribution in [0.25, 0.3) is 0 Å². The lowest BCUT2D eigenvalue weighted by atomic mass is 10.3. The monoisotopic (exact) mass is 315 g/mol. The van der Waals surface area contributed by atoms with Crippen molar-refractivity contribution in [1.82, 2.24) is 14.6 Å². The van der Waals surface area contributed by atoms with Gasteiger partial charge in [0.25, 0.3) is 0 Å². The molecule has 8 nitrogen and oxygen atoms in total. The number of pyridine rings is 1. The minimum atomic E-state index is -3.60. The number of anilines is 1. The number of likely N-dealkylation sites (N-methyl/N-ethyl adjacent to an activating group) is 1. The predicted octanol–water partition coefficient (Wildman–Crippen LogP) is -0.634. The molecule has 0 spiro atoms. The fraction of sp³-hybridized carbons (Fsp3) is 0.583. The Hall–Kier alpha value is -1.26. The highest BCUT2D eigenvalue weighted by molar-refractivity contribution is 7.89. The summed E-state index contributed by atoms with van der Waals surface area (Å²) in [6, 6.07) is 2.80. The molecule has 1 fully saturated rings. The summed E-state index contributed by atoms with van der Waals surface area (Å²) in [6.07, 6.45) is 1.25. The Bertz CT molecular complexity index is 566. The first-order valence-corrected chi connectivity index (χ1v) is 8.29. The van der Waals surface area contributed by atoms with Crippen LogP contribution < -0.4 is 16.0 Å². The molecule has 2 heterocycles.